The van der Waals surface area contributed by atoms with Gasteiger partial charge in [-0.25, -0.2) is 0 Å². The Hall–Kier alpha value is -2.40. The summed E-state index contributed by atoms with van der Waals surface area (Å²) >= 11 is 0. The Morgan fingerprint density at radius 3 is 2.62 bits per heavy atom. The van der Waals surface area contributed by atoms with Crippen LogP contribution in [0, 0.1) is 0 Å². The van der Waals surface area contributed by atoms with E-state index < -0.39 is 0 Å². The highest BCUT2D eigenvalue weighted by Gasteiger charge is 2.26. The van der Waals surface area contributed by atoms with E-state index in [1.54, 1.807) is 17.2 Å². The fourth-order valence-corrected chi connectivity index (χ4v) is 2.53. The fraction of sp³-hybridized carbons (Fsp3) is 0.250. The number of para-hydroxylation sites is 2. The molecule has 0 unspecified atom stereocenters. The number of aromatic nitrogens is 1. The number of anilines is 2. The number of carbonyl (C=O) groups is 1. The molecule has 2 heterocycles. The van der Waals surface area contributed by atoms with Crippen LogP contribution in [0.2, 0.25) is 0 Å². The molecule has 0 atom stereocenters. The molecule has 0 saturated carbocycles. The number of likely N-dealkylation sites (N-methyl/N-ethyl adjacent to an activating group) is 1. The predicted molar refractivity (Wildman–Crippen MR) is 83.5 cm³/mol. The number of carbonyl (C=O) groups excluding carboxylic acids is 1. The van der Waals surface area contributed by atoms with Gasteiger partial charge in [-0.1, -0.05) is 18.2 Å². The standard InChI is InChI=1S/C16H18N4O/c1-19-8-9-20(15-5-3-2-4-14(15)19)16(21)13-7-6-12(10-17)11-18-13/h2-7,11H,8-10,17H2,1H3. The number of amides is 1. The maximum Gasteiger partial charge on any atom is 0.276 e. The third-order valence-corrected chi connectivity index (χ3v) is 3.77. The molecule has 1 aromatic heterocycles. The maximum atomic E-state index is 12.7. The van der Waals surface area contributed by atoms with Crippen LogP contribution in [0.4, 0.5) is 11.4 Å². The highest BCUT2D eigenvalue weighted by atomic mass is 16.2. The van der Waals surface area contributed by atoms with Crippen LogP contribution in [-0.2, 0) is 6.54 Å². The van der Waals surface area contributed by atoms with Crippen molar-refractivity contribution in [2.45, 2.75) is 6.54 Å². The van der Waals surface area contributed by atoms with Crippen molar-refractivity contribution in [1.29, 1.82) is 0 Å². The molecule has 1 amide bonds. The van der Waals surface area contributed by atoms with Crippen LogP contribution in [0.1, 0.15) is 16.1 Å². The summed E-state index contributed by atoms with van der Waals surface area (Å²) in [4.78, 5) is 20.9. The van der Waals surface area contributed by atoms with Crippen molar-refractivity contribution in [2.75, 3.05) is 29.9 Å². The van der Waals surface area contributed by atoms with Gasteiger partial charge < -0.3 is 15.5 Å². The molecule has 21 heavy (non-hydrogen) atoms. The quantitative estimate of drug-likeness (QED) is 0.909. The summed E-state index contributed by atoms with van der Waals surface area (Å²) in [6.45, 7) is 1.90. The lowest BCUT2D eigenvalue weighted by Gasteiger charge is -2.35. The van der Waals surface area contributed by atoms with E-state index in [9.17, 15) is 4.79 Å². The van der Waals surface area contributed by atoms with Gasteiger partial charge in [0, 0.05) is 32.9 Å². The Balaban J connectivity index is 1.93. The SMILES string of the molecule is CN1CCN(C(=O)c2ccc(CN)cn2)c2ccccc21. The van der Waals surface area contributed by atoms with Gasteiger partial charge in [0.15, 0.2) is 0 Å². The van der Waals surface area contributed by atoms with Crippen molar-refractivity contribution in [3.63, 3.8) is 0 Å². The molecule has 1 aliphatic heterocycles. The molecule has 5 heteroatoms. The molecule has 0 spiro atoms. The second-order valence-corrected chi connectivity index (χ2v) is 5.12. The second kappa shape index (κ2) is 5.54. The van der Waals surface area contributed by atoms with Gasteiger partial charge in [0.2, 0.25) is 0 Å². The Kier molecular flexibility index (Phi) is 3.58. The smallest absolute Gasteiger partial charge is 0.276 e. The molecule has 0 radical (unpaired) electrons. The molecule has 0 aliphatic carbocycles. The zero-order chi connectivity index (χ0) is 14.8. The lowest BCUT2D eigenvalue weighted by Crippen LogP contribution is -2.42. The first-order chi connectivity index (χ1) is 10.2. The van der Waals surface area contributed by atoms with Gasteiger partial charge in [0.1, 0.15) is 5.69 Å². The first-order valence-corrected chi connectivity index (χ1v) is 6.97. The van der Waals surface area contributed by atoms with Crippen molar-refractivity contribution < 1.29 is 4.79 Å². The van der Waals surface area contributed by atoms with Gasteiger partial charge in [0.05, 0.1) is 11.4 Å². The lowest BCUT2D eigenvalue weighted by molar-refractivity contribution is 0.0982. The number of fused-ring (bicyclic) bond motifs is 1. The van der Waals surface area contributed by atoms with Crippen molar-refractivity contribution >= 4 is 17.3 Å². The van der Waals surface area contributed by atoms with Crippen LogP contribution in [0.25, 0.3) is 0 Å². The zero-order valence-electron chi connectivity index (χ0n) is 12.0. The molecular formula is C16H18N4O. The van der Waals surface area contributed by atoms with Crippen LogP contribution in [0.5, 0.6) is 0 Å². The number of hydrogen-bond acceptors (Lipinski definition) is 4. The number of pyridine rings is 1. The molecule has 108 valence electrons. The number of nitrogens with zero attached hydrogens (tertiary/aromatic N) is 3. The first-order valence-electron chi connectivity index (χ1n) is 6.97. The zero-order valence-corrected chi connectivity index (χ0v) is 12.0. The van der Waals surface area contributed by atoms with Gasteiger partial charge in [-0.3, -0.25) is 9.78 Å². The van der Waals surface area contributed by atoms with E-state index in [0.717, 1.165) is 23.5 Å². The molecule has 0 fully saturated rings. The third kappa shape index (κ3) is 2.48. The Bertz CT molecular complexity index is 654. The van der Waals surface area contributed by atoms with E-state index in [2.05, 4.69) is 9.88 Å². The molecule has 2 N–H and O–H groups in total. The molecule has 0 bridgehead atoms. The minimum absolute atomic E-state index is 0.0703. The van der Waals surface area contributed by atoms with E-state index in [0.29, 0.717) is 18.8 Å². The molecule has 5 nitrogen and oxygen atoms in total. The van der Waals surface area contributed by atoms with Gasteiger partial charge >= 0.3 is 0 Å². The average molecular weight is 282 g/mol. The lowest BCUT2D eigenvalue weighted by atomic mass is 10.1. The largest absolute Gasteiger partial charge is 0.371 e. The Morgan fingerprint density at radius 2 is 1.95 bits per heavy atom. The average Bonchev–Trinajstić information content (AvgIpc) is 2.55. The summed E-state index contributed by atoms with van der Waals surface area (Å²) in [5.41, 5.74) is 8.93. The summed E-state index contributed by atoms with van der Waals surface area (Å²) in [5, 5.41) is 0. The highest BCUT2D eigenvalue weighted by molar-refractivity contribution is 6.07. The van der Waals surface area contributed by atoms with Crippen molar-refractivity contribution in [2.24, 2.45) is 5.73 Å². The highest BCUT2D eigenvalue weighted by Crippen LogP contribution is 2.32. The normalized spacial score (nSPS) is 14.0. The third-order valence-electron chi connectivity index (χ3n) is 3.77. The van der Waals surface area contributed by atoms with Gasteiger partial charge in [0.25, 0.3) is 5.91 Å². The molecule has 1 aliphatic rings. The van der Waals surface area contributed by atoms with Crippen molar-refractivity contribution in [1.82, 2.24) is 4.98 Å². The van der Waals surface area contributed by atoms with Crippen LogP contribution in [0.15, 0.2) is 42.6 Å². The Labute approximate surface area is 124 Å². The number of rotatable bonds is 2. The van der Waals surface area contributed by atoms with E-state index in [-0.39, 0.29) is 5.91 Å². The van der Waals surface area contributed by atoms with Crippen molar-refractivity contribution in [3.05, 3.63) is 53.9 Å². The van der Waals surface area contributed by atoms with Gasteiger partial charge in [-0.15, -0.1) is 0 Å². The summed E-state index contributed by atoms with van der Waals surface area (Å²) in [6, 6.07) is 11.5. The number of hydrogen-bond donors (Lipinski definition) is 1. The molecule has 1 aromatic carbocycles. The molecular weight excluding hydrogens is 264 g/mol. The minimum Gasteiger partial charge on any atom is -0.371 e. The van der Waals surface area contributed by atoms with E-state index in [1.165, 1.54) is 0 Å². The van der Waals surface area contributed by atoms with E-state index >= 15 is 0 Å². The summed E-state index contributed by atoms with van der Waals surface area (Å²) in [6.07, 6.45) is 1.66. The fourth-order valence-electron chi connectivity index (χ4n) is 2.53. The molecule has 0 saturated heterocycles. The topological polar surface area (TPSA) is 62.5 Å². The monoisotopic (exact) mass is 282 g/mol. The Morgan fingerprint density at radius 1 is 1.19 bits per heavy atom. The second-order valence-electron chi connectivity index (χ2n) is 5.12. The maximum absolute atomic E-state index is 12.7. The molecule has 3 rings (SSSR count). The first kappa shape index (κ1) is 13.6. The van der Waals surface area contributed by atoms with Crippen LogP contribution < -0.4 is 15.5 Å². The van der Waals surface area contributed by atoms with E-state index in [1.807, 2.05) is 37.4 Å². The van der Waals surface area contributed by atoms with Crippen LogP contribution in [-0.4, -0.2) is 31.0 Å². The number of nitrogens with two attached hydrogens (primary N) is 1. The van der Waals surface area contributed by atoms with Gasteiger partial charge in [-0.2, -0.15) is 0 Å². The minimum atomic E-state index is -0.0703. The summed E-state index contributed by atoms with van der Waals surface area (Å²) < 4.78 is 0. The number of benzene rings is 1. The van der Waals surface area contributed by atoms with Crippen molar-refractivity contribution in [3.8, 4) is 0 Å². The predicted octanol–water partition coefficient (Wildman–Crippen LogP) is 1.64. The van der Waals surface area contributed by atoms with Gasteiger partial charge in [-0.05, 0) is 23.8 Å². The summed E-state index contributed by atoms with van der Waals surface area (Å²) in [7, 11) is 2.04. The summed E-state index contributed by atoms with van der Waals surface area (Å²) in [5.74, 6) is -0.0703. The van der Waals surface area contributed by atoms with Crippen LogP contribution >= 0.6 is 0 Å². The molecule has 2 aromatic rings. The van der Waals surface area contributed by atoms with E-state index in [4.69, 9.17) is 5.73 Å². The van der Waals surface area contributed by atoms with Crippen LogP contribution in [0.3, 0.4) is 0 Å².